The van der Waals surface area contributed by atoms with Crippen molar-refractivity contribution in [3.63, 3.8) is 0 Å². The molecule has 0 N–H and O–H groups in total. The van der Waals surface area contributed by atoms with Crippen molar-refractivity contribution in [2.45, 2.75) is 20.0 Å². The SMILES string of the molecule is CCN1c2ccccc2N(CC)C1[C]=S. The molecule has 0 amide bonds. The van der Waals surface area contributed by atoms with E-state index in [0.29, 0.717) is 0 Å². The molecule has 2 rings (SSSR count). The molecule has 15 heavy (non-hydrogen) atoms. The van der Waals surface area contributed by atoms with Gasteiger partial charge in [-0.2, -0.15) is 0 Å². The molecule has 0 bridgehead atoms. The van der Waals surface area contributed by atoms with E-state index in [4.69, 9.17) is 12.2 Å². The Morgan fingerprint density at radius 3 is 1.93 bits per heavy atom. The van der Waals surface area contributed by atoms with Crippen molar-refractivity contribution in [2.24, 2.45) is 0 Å². The first-order valence-corrected chi connectivity index (χ1v) is 5.74. The molecule has 0 atom stereocenters. The number of benzene rings is 1. The fraction of sp³-hybridized carbons (Fsp3) is 0.417. The average Bonchev–Trinajstić information content (AvgIpc) is 2.61. The Morgan fingerprint density at radius 2 is 1.60 bits per heavy atom. The van der Waals surface area contributed by atoms with Crippen LogP contribution in [0.25, 0.3) is 0 Å². The van der Waals surface area contributed by atoms with E-state index >= 15 is 0 Å². The van der Waals surface area contributed by atoms with Crippen LogP contribution in [0.3, 0.4) is 0 Å². The lowest BCUT2D eigenvalue weighted by molar-refractivity contribution is 0.736. The maximum atomic E-state index is 5.01. The van der Waals surface area contributed by atoms with Gasteiger partial charge in [0.25, 0.3) is 0 Å². The fourth-order valence-electron chi connectivity index (χ4n) is 2.20. The molecule has 1 radical (unpaired) electrons. The van der Waals surface area contributed by atoms with E-state index in [9.17, 15) is 0 Å². The van der Waals surface area contributed by atoms with E-state index in [2.05, 4.69) is 53.3 Å². The van der Waals surface area contributed by atoms with Crippen molar-refractivity contribution in [1.29, 1.82) is 0 Å². The normalized spacial score (nSPS) is 15.6. The van der Waals surface area contributed by atoms with Gasteiger partial charge in [-0.15, -0.1) is 0 Å². The summed E-state index contributed by atoms with van der Waals surface area (Å²) in [6, 6.07) is 8.44. The number of para-hydroxylation sites is 2. The van der Waals surface area contributed by atoms with Gasteiger partial charge < -0.3 is 9.80 Å². The first kappa shape index (κ1) is 10.4. The summed E-state index contributed by atoms with van der Waals surface area (Å²) >= 11 is 5.01. The van der Waals surface area contributed by atoms with Gasteiger partial charge in [-0.05, 0) is 26.0 Å². The number of hydrogen-bond donors (Lipinski definition) is 0. The Labute approximate surface area is 96.5 Å². The number of nitrogens with zero attached hydrogens (tertiary/aromatic N) is 2. The van der Waals surface area contributed by atoms with Gasteiger partial charge in [0, 0.05) is 13.1 Å². The van der Waals surface area contributed by atoms with Gasteiger partial charge in [0.05, 0.1) is 16.7 Å². The number of thiocarbonyl (C=S) groups is 1. The quantitative estimate of drug-likeness (QED) is 0.721. The van der Waals surface area contributed by atoms with E-state index < -0.39 is 0 Å². The second kappa shape index (κ2) is 4.19. The van der Waals surface area contributed by atoms with Gasteiger partial charge in [0.1, 0.15) is 6.17 Å². The summed E-state index contributed by atoms with van der Waals surface area (Å²) in [5.41, 5.74) is 2.54. The molecule has 1 aliphatic heterocycles. The molecule has 3 heteroatoms. The van der Waals surface area contributed by atoms with Crippen LogP contribution < -0.4 is 9.80 Å². The maximum absolute atomic E-state index is 5.01. The van der Waals surface area contributed by atoms with Crippen molar-refractivity contribution < 1.29 is 0 Å². The molecular formula is C12H15N2S. The molecule has 0 spiro atoms. The summed E-state index contributed by atoms with van der Waals surface area (Å²) in [7, 11) is 0. The Kier molecular flexibility index (Phi) is 2.91. The minimum atomic E-state index is 0.118. The number of hydrogen-bond acceptors (Lipinski definition) is 3. The predicted molar refractivity (Wildman–Crippen MR) is 68.9 cm³/mol. The van der Waals surface area contributed by atoms with Gasteiger partial charge in [0.15, 0.2) is 0 Å². The molecule has 0 aliphatic carbocycles. The predicted octanol–water partition coefficient (Wildman–Crippen LogP) is 2.56. The zero-order valence-corrected chi connectivity index (χ0v) is 9.92. The van der Waals surface area contributed by atoms with E-state index in [0.717, 1.165) is 13.1 Å². The first-order valence-electron chi connectivity index (χ1n) is 5.33. The average molecular weight is 219 g/mol. The fourth-order valence-corrected chi connectivity index (χ4v) is 2.45. The molecule has 0 unspecified atom stereocenters. The van der Waals surface area contributed by atoms with Crippen LogP contribution in [-0.4, -0.2) is 24.6 Å². The number of rotatable bonds is 3. The van der Waals surface area contributed by atoms with Crippen LogP contribution in [0.2, 0.25) is 0 Å². The van der Waals surface area contributed by atoms with Crippen molar-refractivity contribution in [3.05, 3.63) is 24.3 Å². The molecule has 2 nitrogen and oxygen atoms in total. The molecule has 0 saturated carbocycles. The highest BCUT2D eigenvalue weighted by molar-refractivity contribution is 7.79. The van der Waals surface area contributed by atoms with E-state index in [-0.39, 0.29) is 6.17 Å². The van der Waals surface area contributed by atoms with Crippen LogP contribution in [0.15, 0.2) is 24.3 Å². The Morgan fingerprint density at radius 1 is 1.13 bits per heavy atom. The van der Waals surface area contributed by atoms with E-state index in [1.54, 1.807) is 0 Å². The van der Waals surface area contributed by atoms with Crippen molar-refractivity contribution >= 4 is 29.0 Å². The molecule has 1 aliphatic rings. The van der Waals surface area contributed by atoms with Crippen LogP contribution in [0.5, 0.6) is 0 Å². The third kappa shape index (κ3) is 1.51. The molecular weight excluding hydrogens is 204 g/mol. The topological polar surface area (TPSA) is 6.48 Å². The van der Waals surface area contributed by atoms with Crippen molar-refractivity contribution in [3.8, 4) is 0 Å². The standard InChI is InChI=1S/C12H15N2S/c1-3-13-10-7-5-6-8-11(10)14(4-2)12(13)9-15/h5-8,12H,3-4H2,1-2H3. The van der Waals surface area contributed by atoms with Gasteiger partial charge in [-0.3, -0.25) is 0 Å². The second-order valence-electron chi connectivity index (χ2n) is 3.55. The van der Waals surface area contributed by atoms with Gasteiger partial charge in [0.2, 0.25) is 0 Å². The zero-order valence-electron chi connectivity index (χ0n) is 9.10. The Bertz CT molecular complexity index is 333. The maximum Gasteiger partial charge on any atom is 0.140 e. The molecule has 1 aromatic rings. The number of anilines is 2. The minimum Gasteiger partial charge on any atom is -0.345 e. The molecule has 0 aromatic heterocycles. The summed E-state index contributed by atoms with van der Waals surface area (Å²) < 4.78 is 0. The van der Waals surface area contributed by atoms with Gasteiger partial charge in [-0.1, -0.05) is 24.4 Å². The lowest BCUT2D eigenvalue weighted by atomic mass is 10.2. The molecule has 0 saturated heterocycles. The van der Waals surface area contributed by atoms with Crippen LogP contribution in [0.4, 0.5) is 11.4 Å². The molecule has 79 valence electrons. The second-order valence-corrected chi connectivity index (χ2v) is 3.79. The monoisotopic (exact) mass is 219 g/mol. The minimum absolute atomic E-state index is 0.118. The Balaban J connectivity index is 2.47. The highest BCUT2D eigenvalue weighted by atomic mass is 32.1. The lowest BCUT2D eigenvalue weighted by Crippen LogP contribution is -2.43. The summed E-state index contributed by atoms with van der Waals surface area (Å²) in [5, 5.41) is 2.95. The van der Waals surface area contributed by atoms with Gasteiger partial charge in [-0.25, -0.2) is 0 Å². The lowest BCUT2D eigenvalue weighted by Gasteiger charge is -2.27. The van der Waals surface area contributed by atoms with Crippen LogP contribution in [-0.2, 0) is 0 Å². The molecule has 0 fully saturated rings. The van der Waals surface area contributed by atoms with Crippen molar-refractivity contribution in [2.75, 3.05) is 22.9 Å². The molecule has 1 aromatic carbocycles. The Hall–Kier alpha value is -1.09. The summed E-state index contributed by atoms with van der Waals surface area (Å²) in [5.74, 6) is 0. The summed E-state index contributed by atoms with van der Waals surface area (Å²) in [6.45, 7) is 6.22. The van der Waals surface area contributed by atoms with Crippen LogP contribution in [0, 0.1) is 0 Å². The third-order valence-electron chi connectivity index (χ3n) is 2.88. The molecule has 1 heterocycles. The van der Waals surface area contributed by atoms with Crippen LogP contribution in [0.1, 0.15) is 13.8 Å². The highest BCUT2D eigenvalue weighted by Gasteiger charge is 2.32. The van der Waals surface area contributed by atoms with Crippen molar-refractivity contribution in [1.82, 2.24) is 0 Å². The van der Waals surface area contributed by atoms with Gasteiger partial charge >= 0.3 is 0 Å². The third-order valence-corrected chi connectivity index (χ3v) is 3.09. The smallest absolute Gasteiger partial charge is 0.140 e. The highest BCUT2D eigenvalue weighted by Crippen LogP contribution is 2.38. The van der Waals surface area contributed by atoms with E-state index in [1.165, 1.54) is 11.4 Å². The largest absolute Gasteiger partial charge is 0.345 e. The van der Waals surface area contributed by atoms with E-state index in [1.807, 2.05) is 0 Å². The summed E-state index contributed by atoms with van der Waals surface area (Å²) in [4.78, 5) is 4.57. The number of fused-ring (bicyclic) bond motifs is 1. The first-order chi connectivity index (χ1) is 7.33. The zero-order chi connectivity index (χ0) is 10.8. The summed E-state index contributed by atoms with van der Waals surface area (Å²) in [6.07, 6.45) is 0.118. The van der Waals surface area contributed by atoms with Crippen LogP contribution >= 0.6 is 12.2 Å².